The third-order valence-electron chi connectivity index (χ3n) is 6.00. The number of carbonyl (C=O) groups is 1. The summed E-state index contributed by atoms with van der Waals surface area (Å²) in [6.07, 6.45) is 8.96. The molecule has 15 heteroatoms. The van der Waals surface area contributed by atoms with Gasteiger partial charge < -0.3 is 24.6 Å². The van der Waals surface area contributed by atoms with E-state index in [0.717, 1.165) is 17.3 Å². The van der Waals surface area contributed by atoms with Crippen LogP contribution >= 0.6 is 20.3 Å². The number of nitrogens with zero attached hydrogens (tertiary/aromatic N) is 3. The third-order valence-corrected chi connectivity index (χ3v) is 8.38. The number of terminal acetylenes is 1. The largest absolute Gasteiger partial charge is 0.395 e. The number of alkyl halides is 1. The van der Waals surface area contributed by atoms with E-state index in [-0.39, 0.29) is 41.9 Å². The molecule has 4 rings (SSSR count). The number of ether oxygens (including phenoxy) is 1. The second-order valence-corrected chi connectivity index (χ2v) is 12.0. The van der Waals surface area contributed by atoms with Crippen LogP contribution in [0.5, 0.6) is 0 Å². The zero-order chi connectivity index (χ0) is 32.0. The van der Waals surface area contributed by atoms with Crippen molar-refractivity contribution in [3.63, 3.8) is 0 Å². The lowest BCUT2D eigenvalue weighted by molar-refractivity contribution is -0.171. The van der Waals surface area contributed by atoms with E-state index in [9.17, 15) is 14.7 Å². The second-order valence-electron chi connectivity index (χ2n) is 9.63. The molecule has 0 aliphatic carbocycles. The van der Waals surface area contributed by atoms with E-state index in [2.05, 4.69) is 46.0 Å². The van der Waals surface area contributed by atoms with Crippen LogP contribution in [0.2, 0.25) is 0 Å². The summed E-state index contributed by atoms with van der Waals surface area (Å²) in [7, 11) is -1.73. The lowest BCUT2D eigenvalue weighted by atomic mass is 9.97. The number of aromatic nitrogens is 4. The SMILES string of the molecule is C#C.C=C.CC(C)(CO)C(=O)SCCOP(NCc1ccccc1)OC[C@]1(F)CC[C@H](n2cnc3c(=O)[nH]c(N)nc32)O1. The highest BCUT2D eigenvalue weighted by molar-refractivity contribution is 8.13. The first kappa shape index (κ1) is 36.0. The Labute approximate surface area is 255 Å². The Kier molecular flexibility index (Phi) is 14.4. The number of carbonyl (C=O) groups excluding carboxylic acids is 1. The van der Waals surface area contributed by atoms with Gasteiger partial charge in [-0.05, 0) is 25.8 Å². The highest BCUT2D eigenvalue weighted by Crippen LogP contribution is 2.43. The molecule has 3 atom stereocenters. The molecule has 3 aromatic rings. The van der Waals surface area contributed by atoms with Gasteiger partial charge in [0.2, 0.25) is 11.8 Å². The number of halogens is 1. The van der Waals surface area contributed by atoms with Crippen molar-refractivity contribution < 1.29 is 28.1 Å². The maximum absolute atomic E-state index is 15.7. The van der Waals surface area contributed by atoms with E-state index in [4.69, 9.17) is 19.5 Å². The molecule has 5 N–H and O–H groups in total. The smallest absolute Gasteiger partial charge is 0.280 e. The summed E-state index contributed by atoms with van der Waals surface area (Å²) in [4.78, 5) is 34.9. The first-order chi connectivity index (χ1) is 20.6. The van der Waals surface area contributed by atoms with Crippen LogP contribution in [0.1, 0.15) is 38.5 Å². The summed E-state index contributed by atoms with van der Waals surface area (Å²) in [6, 6.07) is 9.60. The normalized spacial score (nSPS) is 18.7. The van der Waals surface area contributed by atoms with Crippen LogP contribution in [0, 0.1) is 18.3 Å². The number of aromatic amines is 1. The molecule has 0 spiro atoms. The van der Waals surface area contributed by atoms with Crippen molar-refractivity contribution >= 4 is 42.5 Å². The van der Waals surface area contributed by atoms with Crippen LogP contribution in [0.4, 0.5) is 10.3 Å². The molecule has 0 saturated carbocycles. The van der Waals surface area contributed by atoms with Crippen molar-refractivity contribution in [3.8, 4) is 12.8 Å². The Morgan fingerprint density at radius 2 is 2.07 bits per heavy atom. The number of rotatable bonds is 13. The van der Waals surface area contributed by atoms with E-state index in [1.54, 1.807) is 13.8 Å². The number of fused-ring (bicyclic) bond motifs is 1. The highest BCUT2D eigenvalue weighted by atomic mass is 32.2. The number of hydrogen-bond acceptors (Lipinski definition) is 11. The van der Waals surface area contributed by atoms with Crippen LogP contribution in [0.3, 0.4) is 0 Å². The van der Waals surface area contributed by atoms with Crippen molar-refractivity contribution in [2.45, 2.75) is 45.3 Å². The summed E-state index contributed by atoms with van der Waals surface area (Å²) in [6.45, 7) is 9.31. The number of hydrogen-bond donors (Lipinski definition) is 4. The number of imidazole rings is 1. The number of anilines is 1. The lowest BCUT2D eigenvalue weighted by Gasteiger charge is -2.25. The van der Waals surface area contributed by atoms with Crippen LogP contribution in [0.15, 0.2) is 54.6 Å². The number of nitrogens with two attached hydrogens (primary N) is 1. The third kappa shape index (κ3) is 10.2. The second kappa shape index (κ2) is 17.2. The number of H-pyrrole nitrogens is 1. The molecule has 1 aliphatic heterocycles. The fraction of sp³-hybridized carbons (Fsp3) is 0.429. The summed E-state index contributed by atoms with van der Waals surface area (Å²) in [5, 5.41) is 12.4. The van der Waals surface area contributed by atoms with Gasteiger partial charge in [-0.3, -0.25) is 19.1 Å². The monoisotopic (exact) mass is 636 g/mol. The molecule has 1 fully saturated rings. The molecule has 12 nitrogen and oxygen atoms in total. The van der Waals surface area contributed by atoms with E-state index in [0.29, 0.717) is 18.7 Å². The number of thioether (sulfide) groups is 1. The van der Waals surface area contributed by atoms with E-state index < -0.39 is 38.2 Å². The van der Waals surface area contributed by atoms with Crippen LogP contribution in [-0.2, 0) is 25.1 Å². The molecule has 0 bridgehead atoms. The summed E-state index contributed by atoms with van der Waals surface area (Å²) >= 11 is 1.07. The molecule has 1 saturated heterocycles. The van der Waals surface area contributed by atoms with Gasteiger partial charge in [-0.25, -0.2) is 14.5 Å². The Balaban J connectivity index is 0.00000155. The fourth-order valence-corrected chi connectivity index (χ4v) is 5.77. The Hall–Kier alpha value is -3.15. The molecule has 1 unspecified atom stereocenters. The van der Waals surface area contributed by atoms with E-state index >= 15 is 4.39 Å². The fourth-order valence-electron chi connectivity index (χ4n) is 3.71. The minimum atomic E-state index is -2.11. The van der Waals surface area contributed by atoms with Crippen LogP contribution in [0.25, 0.3) is 11.2 Å². The summed E-state index contributed by atoms with van der Waals surface area (Å²) < 4.78 is 34.5. The summed E-state index contributed by atoms with van der Waals surface area (Å²) in [5.74, 6) is -1.84. The van der Waals surface area contributed by atoms with Crippen LogP contribution in [-0.4, -0.2) is 61.2 Å². The Bertz CT molecular complexity index is 1390. The number of nitrogens with one attached hydrogen (secondary N) is 2. The molecule has 0 radical (unpaired) electrons. The van der Waals surface area contributed by atoms with Crippen molar-refractivity contribution in [2.75, 3.05) is 31.3 Å². The standard InChI is InChI=1S/C24H32FN6O6PS.C2H4.C2H2/c1-23(2,13-32)21(34)39-11-10-35-38(28-12-16-6-4-3-5-7-16)36-14-24(25)9-8-17(37-24)31-15-27-18-19(31)29-22(26)30-20(18)33;2*1-2/h3-7,15,17,28,32H,8-14H2,1-2H3,(H3,26,29,30,33);1-2H2;1-2H/t17-,24+,38?;;/m1../s1. The van der Waals surface area contributed by atoms with Crippen LogP contribution < -0.4 is 16.4 Å². The molecule has 1 aromatic carbocycles. The molecule has 2 aromatic heterocycles. The summed E-state index contributed by atoms with van der Waals surface area (Å²) in [5.41, 5.74) is 5.61. The maximum atomic E-state index is 15.7. The van der Waals surface area contributed by atoms with Gasteiger partial charge in [0.25, 0.3) is 14.1 Å². The topological polar surface area (TPSA) is 167 Å². The molecular weight excluding hydrogens is 598 g/mol. The molecule has 1 aliphatic rings. The van der Waals surface area contributed by atoms with Gasteiger partial charge in [0.15, 0.2) is 16.3 Å². The van der Waals surface area contributed by atoms with Gasteiger partial charge in [-0.15, -0.1) is 26.0 Å². The number of benzene rings is 1. The van der Waals surface area contributed by atoms with Crippen molar-refractivity contribution in [1.82, 2.24) is 24.6 Å². The lowest BCUT2D eigenvalue weighted by Crippen LogP contribution is -2.29. The predicted molar refractivity (Wildman–Crippen MR) is 167 cm³/mol. The van der Waals surface area contributed by atoms with Gasteiger partial charge in [-0.2, -0.15) is 4.98 Å². The van der Waals surface area contributed by atoms with E-state index in [1.807, 2.05) is 30.3 Å². The molecule has 0 amide bonds. The van der Waals surface area contributed by atoms with Gasteiger partial charge in [0.05, 0.1) is 25.0 Å². The van der Waals surface area contributed by atoms with Crippen molar-refractivity contribution in [1.29, 1.82) is 0 Å². The average molecular weight is 637 g/mol. The molecular formula is C28H38FN6O6PS. The number of aliphatic hydroxyl groups excluding tert-OH is 1. The molecule has 3 heterocycles. The Morgan fingerprint density at radius 1 is 1.37 bits per heavy atom. The first-order valence-electron chi connectivity index (χ1n) is 13.1. The Morgan fingerprint density at radius 3 is 2.74 bits per heavy atom. The van der Waals surface area contributed by atoms with Gasteiger partial charge in [0, 0.05) is 18.7 Å². The molecule has 234 valence electrons. The van der Waals surface area contributed by atoms with Crippen molar-refractivity contribution in [2.24, 2.45) is 5.41 Å². The minimum absolute atomic E-state index is 0.0401. The quantitative estimate of drug-likeness (QED) is 0.0925. The number of aliphatic hydroxyl groups is 1. The van der Waals surface area contributed by atoms with Gasteiger partial charge in [-0.1, -0.05) is 42.1 Å². The minimum Gasteiger partial charge on any atom is -0.395 e. The van der Waals surface area contributed by atoms with Crippen molar-refractivity contribution in [3.05, 3.63) is 65.7 Å². The van der Waals surface area contributed by atoms with Gasteiger partial charge >= 0.3 is 0 Å². The first-order valence-corrected chi connectivity index (χ1v) is 15.3. The maximum Gasteiger partial charge on any atom is 0.280 e. The highest BCUT2D eigenvalue weighted by Gasteiger charge is 2.43. The van der Waals surface area contributed by atoms with E-state index in [1.165, 1.54) is 10.9 Å². The molecule has 43 heavy (non-hydrogen) atoms. The zero-order valence-corrected chi connectivity index (χ0v) is 25.9. The zero-order valence-electron chi connectivity index (χ0n) is 24.2. The predicted octanol–water partition coefficient (Wildman–Crippen LogP) is 4.06. The number of nitrogen functional groups attached to an aromatic ring is 1. The average Bonchev–Trinajstić information content (AvgIpc) is 3.62. The van der Waals surface area contributed by atoms with Gasteiger partial charge in [0.1, 0.15) is 12.8 Å².